The van der Waals surface area contributed by atoms with Crippen molar-refractivity contribution in [2.24, 2.45) is 10.8 Å². The van der Waals surface area contributed by atoms with E-state index in [4.69, 9.17) is 4.74 Å². The average molecular weight is 224 g/mol. The van der Waals surface area contributed by atoms with Crippen LogP contribution in [0.15, 0.2) is 11.8 Å². The molecule has 90 valence electrons. The Morgan fingerprint density at radius 3 is 2.50 bits per heavy atom. The fourth-order valence-corrected chi connectivity index (χ4v) is 3.27. The maximum Gasteiger partial charge on any atom is 0.168 e. The number of carbonyl (C=O) groups excluding carboxylic acids is 1. The van der Waals surface area contributed by atoms with Gasteiger partial charge in [0.15, 0.2) is 5.78 Å². The quantitative estimate of drug-likeness (QED) is 0.508. The molecule has 2 aliphatic rings. The third-order valence-corrected chi connectivity index (χ3v) is 3.87. The van der Waals surface area contributed by atoms with E-state index in [0.717, 1.165) is 25.5 Å². The van der Waals surface area contributed by atoms with Gasteiger partial charge in [0.25, 0.3) is 0 Å². The van der Waals surface area contributed by atoms with Crippen LogP contribution < -0.4 is 0 Å². The summed E-state index contributed by atoms with van der Waals surface area (Å²) in [4.78, 5) is 12.3. The second-order valence-corrected chi connectivity index (χ2v) is 5.89. The van der Waals surface area contributed by atoms with Crippen LogP contribution in [0.1, 0.15) is 39.5 Å². The number of carbonyl (C=O) groups is 1. The summed E-state index contributed by atoms with van der Waals surface area (Å²) in [7, 11) is 0. The van der Waals surface area contributed by atoms with Gasteiger partial charge < -0.3 is 9.84 Å². The Kier molecular flexibility index (Phi) is 2.82. The number of ketones is 1. The maximum absolute atomic E-state index is 12.3. The number of hydrogen-bond donors (Lipinski definition) is 1. The minimum Gasteiger partial charge on any atom is -0.515 e. The van der Waals surface area contributed by atoms with E-state index in [2.05, 4.69) is 13.8 Å². The Morgan fingerprint density at radius 2 is 1.94 bits per heavy atom. The minimum atomic E-state index is -0.269. The lowest BCUT2D eigenvalue weighted by molar-refractivity contribution is -0.136. The number of hydrogen-bond acceptors (Lipinski definition) is 3. The second kappa shape index (κ2) is 3.88. The molecule has 2 fully saturated rings. The van der Waals surface area contributed by atoms with Crippen LogP contribution in [-0.2, 0) is 9.53 Å². The lowest BCUT2D eigenvalue weighted by atomic mass is 9.58. The highest BCUT2D eigenvalue weighted by molar-refractivity contribution is 6.00. The molecule has 0 amide bonds. The first-order valence-electron chi connectivity index (χ1n) is 5.95. The standard InChI is InChI=1S/C13H20O3/c1-12(2)7-10(8-14)11(15)13(9-12)3-5-16-6-4-13/h8,14H,3-7,9H2,1-2H3/b10-8-. The zero-order valence-electron chi connectivity index (χ0n) is 10.1. The van der Waals surface area contributed by atoms with Gasteiger partial charge in [-0.2, -0.15) is 0 Å². The molecule has 2 rings (SSSR count). The van der Waals surface area contributed by atoms with Gasteiger partial charge in [-0.3, -0.25) is 4.79 Å². The van der Waals surface area contributed by atoms with E-state index < -0.39 is 0 Å². The van der Waals surface area contributed by atoms with Crippen LogP contribution >= 0.6 is 0 Å². The fourth-order valence-electron chi connectivity index (χ4n) is 3.27. The van der Waals surface area contributed by atoms with Crippen LogP contribution in [0, 0.1) is 10.8 Å². The van der Waals surface area contributed by atoms with E-state index in [1.807, 2.05) is 0 Å². The van der Waals surface area contributed by atoms with Crippen molar-refractivity contribution in [1.29, 1.82) is 0 Å². The summed E-state index contributed by atoms with van der Waals surface area (Å²) in [6, 6.07) is 0. The normalized spacial score (nSPS) is 30.9. The summed E-state index contributed by atoms with van der Waals surface area (Å²) in [6.07, 6.45) is 4.21. The van der Waals surface area contributed by atoms with Gasteiger partial charge in [0.2, 0.25) is 0 Å². The van der Waals surface area contributed by atoms with Crippen molar-refractivity contribution < 1.29 is 14.6 Å². The molecule has 1 N–H and O–H groups in total. The molecule has 1 spiro atoms. The largest absolute Gasteiger partial charge is 0.515 e. The molecule has 3 heteroatoms. The number of aliphatic hydroxyl groups excluding tert-OH is 1. The van der Waals surface area contributed by atoms with E-state index in [9.17, 15) is 9.90 Å². The van der Waals surface area contributed by atoms with Gasteiger partial charge in [-0.05, 0) is 31.1 Å². The SMILES string of the molecule is CC1(C)C/C(=C/O)C(=O)C2(CCOCC2)C1. The summed E-state index contributed by atoms with van der Waals surface area (Å²) in [5.74, 6) is 0.151. The third-order valence-electron chi connectivity index (χ3n) is 3.87. The molecule has 1 saturated heterocycles. The van der Waals surface area contributed by atoms with Crippen molar-refractivity contribution in [1.82, 2.24) is 0 Å². The molecule has 0 aromatic heterocycles. The average Bonchev–Trinajstić information content (AvgIpc) is 2.24. The molecule has 1 heterocycles. The lowest BCUT2D eigenvalue weighted by Gasteiger charge is -2.46. The van der Waals surface area contributed by atoms with Crippen LogP contribution in [0.2, 0.25) is 0 Å². The van der Waals surface area contributed by atoms with Gasteiger partial charge in [0, 0.05) is 24.2 Å². The van der Waals surface area contributed by atoms with E-state index in [1.54, 1.807) is 0 Å². The number of ether oxygens (including phenoxy) is 1. The number of allylic oxidation sites excluding steroid dienone is 1. The van der Waals surface area contributed by atoms with E-state index in [1.165, 1.54) is 0 Å². The molecule has 1 saturated carbocycles. The first-order valence-corrected chi connectivity index (χ1v) is 5.95. The predicted molar refractivity (Wildman–Crippen MR) is 61.2 cm³/mol. The summed E-state index contributed by atoms with van der Waals surface area (Å²) >= 11 is 0. The molecule has 1 aliphatic carbocycles. The summed E-state index contributed by atoms with van der Waals surface area (Å²) in [5, 5.41) is 9.19. The van der Waals surface area contributed by atoms with Gasteiger partial charge in [-0.15, -0.1) is 0 Å². The van der Waals surface area contributed by atoms with Crippen molar-refractivity contribution in [3.63, 3.8) is 0 Å². The molecule has 0 aromatic rings. The van der Waals surface area contributed by atoms with E-state index >= 15 is 0 Å². The highest BCUT2D eigenvalue weighted by Crippen LogP contribution is 2.50. The van der Waals surface area contributed by atoms with E-state index in [-0.39, 0.29) is 16.6 Å². The first kappa shape index (κ1) is 11.6. The monoisotopic (exact) mass is 224 g/mol. The molecule has 0 bridgehead atoms. The molecule has 0 radical (unpaired) electrons. The van der Waals surface area contributed by atoms with Crippen LogP contribution in [0.25, 0.3) is 0 Å². The lowest BCUT2D eigenvalue weighted by Crippen LogP contribution is -2.45. The topological polar surface area (TPSA) is 46.5 Å². The Balaban J connectivity index is 2.32. The Labute approximate surface area is 96.5 Å². The molecular weight excluding hydrogens is 204 g/mol. The molecular formula is C13H20O3. The van der Waals surface area contributed by atoms with Crippen LogP contribution in [0.3, 0.4) is 0 Å². The van der Waals surface area contributed by atoms with Crippen molar-refractivity contribution in [3.8, 4) is 0 Å². The predicted octanol–water partition coefficient (Wildman–Crippen LogP) is 2.61. The molecule has 0 aromatic carbocycles. The van der Waals surface area contributed by atoms with Gasteiger partial charge in [-0.1, -0.05) is 13.8 Å². The smallest absolute Gasteiger partial charge is 0.168 e. The molecule has 0 atom stereocenters. The third kappa shape index (κ3) is 1.88. The van der Waals surface area contributed by atoms with Gasteiger partial charge in [0.1, 0.15) is 0 Å². The minimum absolute atomic E-state index is 0.0970. The number of Topliss-reactive ketones (excluding diaryl/α,β-unsaturated/α-hetero) is 1. The molecule has 0 unspecified atom stereocenters. The maximum atomic E-state index is 12.3. The summed E-state index contributed by atoms with van der Waals surface area (Å²) in [6.45, 7) is 5.67. The van der Waals surface area contributed by atoms with Crippen LogP contribution in [0.5, 0.6) is 0 Å². The second-order valence-electron chi connectivity index (χ2n) is 5.89. The molecule has 3 nitrogen and oxygen atoms in total. The highest BCUT2D eigenvalue weighted by atomic mass is 16.5. The highest BCUT2D eigenvalue weighted by Gasteiger charge is 2.49. The number of aliphatic hydroxyl groups is 1. The molecule has 16 heavy (non-hydrogen) atoms. The molecule has 1 aliphatic heterocycles. The van der Waals surface area contributed by atoms with Crippen molar-refractivity contribution in [2.75, 3.05) is 13.2 Å². The van der Waals surface area contributed by atoms with Gasteiger partial charge in [-0.25, -0.2) is 0 Å². The Bertz CT molecular complexity index is 322. The van der Waals surface area contributed by atoms with Crippen molar-refractivity contribution in [2.45, 2.75) is 39.5 Å². The summed E-state index contributed by atoms with van der Waals surface area (Å²) < 4.78 is 5.35. The summed E-state index contributed by atoms with van der Waals surface area (Å²) in [5.41, 5.74) is 0.423. The Hall–Kier alpha value is -0.830. The van der Waals surface area contributed by atoms with Crippen LogP contribution in [-0.4, -0.2) is 24.1 Å². The number of rotatable bonds is 0. The zero-order chi connectivity index (χ0) is 11.8. The van der Waals surface area contributed by atoms with Gasteiger partial charge >= 0.3 is 0 Å². The fraction of sp³-hybridized carbons (Fsp3) is 0.769. The van der Waals surface area contributed by atoms with Gasteiger partial charge in [0.05, 0.1) is 6.26 Å². The van der Waals surface area contributed by atoms with Crippen molar-refractivity contribution >= 4 is 5.78 Å². The zero-order valence-corrected chi connectivity index (χ0v) is 10.1. The van der Waals surface area contributed by atoms with Crippen molar-refractivity contribution in [3.05, 3.63) is 11.8 Å². The Morgan fingerprint density at radius 1 is 1.31 bits per heavy atom. The first-order chi connectivity index (χ1) is 7.49. The van der Waals surface area contributed by atoms with Crippen LogP contribution in [0.4, 0.5) is 0 Å². The van der Waals surface area contributed by atoms with E-state index in [0.29, 0.717) is 25.2 Å².